The fraction of sp³-hybridized carbons (Fsp3) is 0.444. The second kappa shape index (κ2) is 8.57. The number of aliphatic hydroxyl groups excluding tert-OH is 2. The van der Waals surface area contributed by atoms with E-state index >= 15 is 0 Å². The lowest BCUT2D eigenvalue weighted by atomic mass is 9.92. The van der Waals surface area contributed by atoms with E-state index in [1.54, 1.807) is 0 Å². The highest BCUT2D eigenvalue weighted by molar-refractivity contribution is 5.29. The van der Waals surface area contributed by atoms with Crippen LogP contribution in [0, 0.1) is 5.92 Å². The molecule has 1 aromatic heterocycles. The molecule has 9 heteroatoms. The normalized spacial score (nSPS) is 28.1. The van der Waals surface area contributed by atoms with Crippen LogP contribution in [-0.2, 0) is 16.2 Å². The van der Waals surface area contributed by atoms with Crippen LogP contribution in [0.25, 0.3) is 0 Å². The van der Waals surface area contributed by atoms with Crippen molar-refractivity contribution in [3.63, 3.8) is 0 Å². The van der Waals surface area contributed by atoms with E-state index in [0.29, 0.717) is 0 Å². The van der Waals surface area contributed by atoms with Gasteiger partial charge in [-0.2, -0.15) is 4.98 Å². The van der Waals surface area contributed by atoms with Gasteiger partial charge in [-0.25, -0.2) is 14.7 Å². The number of ether oxygens (including phenoxy) is 1. The van der Waals surface area contributed by atoms with Crippen molar-refractivity contribution in [2.24, 2.45) is 5.92 Å². The van der Waals surface area contributed by atoms with Gasteiger partial charge in [0.25, 0.3) is 0 Å². The molecule has 1 saturated heterocycles. The maximum Gasteiger partial charge on any atom is 0.351 e. The smallest absolute Gasteiger partial charge is 0.351 e. The predicted molar refractivity (Wildman–Crippen MR) is 94.4 cm³/mol. The largest absolute Gasteiger partial charge is 0.394 e. The first kappa shape index (κ1) is 19.4. The van der Waals surface area contributed by atoms with Gasteiger partial charge in [0.15, 0.2) is 5.82 Å². The van der Waals surface area contributed by atoms with Crippen LogP contribution in [0.5, 0.6) is 0 Å². The summed E-state index contributed by atoms with van der Waals surface area (Å²) in [7, 11) is 0. The van der Waals surface area contributed by atoms with Gasteiger partial charge in [-0.05, 0) is 11.6 Å². The summed E-state index contributed by atoms with van der Waals surface area (Å²) >= 11 is 0. The Labute approximate surface area is 155 Å². The molecule has 1 aliphatic heterocycles. The van der Waals surface area contributed by atoms with Crippen molar-refractivity contribution in [1.82, 2.24) is 9.55 Å². The van der Waals surface area contributed by atoms with Gasteiger partial charge in [0.1, 0.15) is 24.6 Å². The molecule has 0 amide bonds. The Bertz CT molecular complexity index is 801. The number of alkyl halides is 1. The van der Waals surface area contributed by atoms with Gasteiger partial charge in [-0.1, -0.05) is 37.3 Å². The first-order chi connectivity index (χ1) is 13.0. The molecule has 1 aromatic carbocycles. The number of nitrogens with one attached hydrogen (secondary N) is 1. The number of aliphatic hydroxyl groups is 2. The summed E-state index contributed by atoms with van der Waals surface area (Å²) in [4.78, 5) is 21.5. The molecule has 2 heterocycles. The number of benzene rings is 1. The number of halogens is 1. The van der Waals surface area contributed by atoms with Gasteiger partial charge in [-0.3, -0.25) is 9.40 Å². The lowest BCUT2D eigenvalue weighted by molar-refractivity contribution is -0.213. The topological polar surface area (TPSA) is 106 Å². The van der Waals surface area contributed by atoms with E-state index in [1.807, 2.05) is 30.3 Å². The molecule has 5 unspecified atom stereocenters. The van der Waals surface area contributed by atoms with Gasteiger partial charge >= 0.3 is 5.69 Å². The molecule has 3 N–H and O–H groups in total. The van der Waals surface area contributed by atoms with E-state index in [4.69, 9.17) is 9.57 Å². The number of anilines is 1. The van der Waals surface area contributed by atoms with Gasteiger partial charge in [0.2, 0.25) is 0 Å². The molecule has 146 valence electrons. The standard InChI is InChI=1S/C18H22FN3O5/c1-11-15(19)16(24)13(9-23)27-17(11)22-8-7-14(20-18(22)25)21-26-10-12-5-3-2-4-6-12/h2-8,11,13,15-17,23-24H,9-10H2,1H3,(H,20,21,25). The second-order valence-corrected chi connectivity index (χ2v) is 6.42. The number of hydrogen-bond acceptors (Lipinski definition) is 7. The molecule has 3 rings (SSSR count). The van der Waals surface area contributed by atoms with Crippen LogP contribution in [0.4, 0.5) is 10.2 Å². The first-order valence-electron chi connectivity index (χ1n) is 8.60. The Kier molecular flexibility index (Phi) is 6.17. The number of hydrogen-bond donors (Lipinski definition) is 3. The molecular weight excluding hydrogens is 357 g/mol. The molecular formula is C18H22FN3O5. The maximum absolute atomic E-state index is 14.3. The summed E-state index contributed by atoms with van der Waals surface area (Å²) in [6.07, 6.45) is -3.78. The summed E-state index contributed by atoms with van der Waals surface area (Å²) in [6, 6.07) is 11.0. The summed E-state index contributed by atoms with van der Waals surface area (Å²) < 4.78 is 20.9. The van der Waals surface area contributed by atoms with Crippen LogP contribution in [0.3, 0.4) is 0 Å². The van der Waals surface area contributed by atoms with Crippen LogP contribution in [0.1, 0.15) is 18.7 Å². The Balaban J connectivity index is 1.68. The zero-order valence-electron chi connectivity index (χ0n) is 14.7. The first-order valence-corrected chi connectivity index (χ1v) is 8.60. The van der Waals surface area contributed by atoms with Crippen LogP contribution >= 0.6 is 0 Å². The van der Waals surface area contributed by atoms with E-state index in [0.717, 1.165) is 10.1 Å². The fourth-order valence-electron chi connectivity index (χ4n) is 2.96. The van der Waals surface area contributed by atoms with Crippen LogP contribution in [0.2, 0.25) is 0 Å². The minimum Gasteiger partial charge on any atom is -0.394 e. The monoisotopic (exact) mass is 379 g/mol. The third kappa shape index (κ3) is 4.33. The Morgan fingerprint density at radius 3 is 2.74 bits per heavy atom. The van der Waals surface area contributed by atoms with Crippen molar-refractivity contribution in [3.8, 4) is 0 Å². The minimum absolute atomic E-state index is 0.200. The number of rotatable bonds is 6. The van der Waals surface area contributed by atoms with Crippen LogP contribution < -0.4 is 11.2 Å². The highest BCUT2D eigenvalue weighted by atomic mass is 19.1. The highest BCUT2D eigenvalue weighted by Gasteiger charge is 2.44. The molecule has 0 spiro atoms. The minimum atomic E-state index is -1.64. The predicted octanol–water partition coefficient (Wildman–Crippen LogP) is 1.01. The average molecular weight is 379 g/mol. The van der Waals surface area contributed by atoms with Crippen LogP contribution in [0.15, 0.2) is 47.4 Å². The highest BCUT2D eigenvalue weighted by Crippen LogP contribution is 2.33. The maximum atomic E-state index is 14.3. The molecule has 0 saturated carbocycles. The number of nitrogens with zero attached hydrogens (tertiary/aromatic N) is 2. The van der Waals surface area contributed by atoms with Crippen molar-refractivity contribution in [1.29, 1.82) is 0 Å². The Morgan fingerprint density at radius 2 is 2.07 bits per heavy atom. The summed E-state index contributed by atoms with van der Waals surface area (Å²) in [6.45, 7) is 1.25. The average Bonchev–Trinajstić information content (AvgIpc) is 2.68. The zero-order valence-corrected chi connectivity index (χ0v) is 14.7. The molecule has 5 atom stereocenters. The van der Waals surface area contributed by atoms with Crippen molar-refractivity contribution in [3.05, 3.63) is 58.6 Å². The van der Waals surface area contributed by atoms with E-state index in [1.165, 1.54) is 19.2 Å². The Morgan fingerprint density at radius 1 is 1.33 bits per heavy atom. The van der Waals surface area contributed by atoms with E-state index in [2.05, 4.69) is 10.5 Å². The third-order valence-electron chi connectivity index (χ3n) is 4.52. The molecule has 8 nitrogen and oxygen atoms in total. The quantitative estimate of drug-likeness (QED) is 0.643. The van der Waals surface area contributed by atoms with Crippen molar-refractivity contribution in [2.75, 3.05) is 12.1 Å². The molecule has 27 heavy (non-hydrogen) atoms. The van der Waals surface area contributed by atoms with E-state index in [9.17, 15) is 19.4 Å². The molecule has 0 aliphatic carbocycles. The lowest BCUT2D eigenvalue weighted by Crippen LogP contribution is -2.52. The van der Waals surface area contributed by atoms with Gasteiger partial charge < -0.3 is 14.9 Å². The van der Waals surface area contributed by atoms with Crippen molar-refractivity contribution < 1.29 is 24.2 Å². The van der Waals surface area contributed by atoms with Gasteiger partial charge in [-0.15, -0.1) is 0 Å². The fourth-order valence-corrected chi connectivity index (χ4v) is 2.96. The van der Waals surface area contributed by atoms with E-state index in [-0.39, 0.29) is 12.4 Å². The molecule has 2 aromatic rings. The van der Waals surface area contributed by atoms with Crippen LogP contribution in [-0.4, -0.2) is 44.8 Å². The molecule has 0 bridgehead atoms. The van der Waals surface area contributed by atoms with Gasteiger partial charge in [0, 0.05) is 12.1 Å². The SMILES string of the molecule is CC1C(F)C(O)C(CO)OC1n1ccc(NOCc2ccccc2)nc1=O. The Hall–Kier alpha value is -2.33. The summed E-state index contributed by atoms with van der Waals surface area (Å²) in [5, 5.41) is 19.0. The number of aromatic nitrogens is 2. The molecule has 0 radical (unpaired) electrons. The van der Waals surface area contributed by atoms with Crippen molar-refractivity contribution in [2.45, 2.75) is 38.1 Å². The lowest BCUT2D eigenvalue weighted by Gasteiger charge is -2.40. The van der Waals surface area contributed by atoms with Gasteiger partial charge in [0.05, 0.1) is 13.2 Å². The second-order valence-electron chi connectivity index (χ2n) is 6.42. The van der Waals surface area contributed by atoms with Crippen molar-refractivity contribution >= 4 is 5.82 Å². The summed E-state index contributed by atoms with van der Waals surface area (Å²) in [5.74, 6) is -0.596. The molecule has 1 fully saturated rings. The third-order valence-corrected chi connectivity index (χ3v) is 4.52. The summed E-state index contributed by atoms with van der Waals surface area (Å²) in [5.41, 5.74) is 2.87. The molecule has 1 aliphatic rings. The zero-order chi connectivity index (χ0) is 19.4. The van der Waals surface area contributed by atoms with E-state index < -0.39 is 42.8 Å².